The number of hydrogen-bond donors (Lipinski definition) is 4. The van der Waals surface area contributed by atoms with E-state index in [2.05, 4.69) is 15.3 Å². The zero-order valence-corrected chi connectivity index (χ0v) is 11.7. The van der Waals surface area contributed by atoms with Gasteiger partial charge in [-0.1, -0.05) is 0 Å². The van der Waals surface area contributed by atoms with Gasteiger partial charge in [-0.05, 0) is 43.9 Å². The highest BCUT2D eigenvalue weighted by atomic mass is 16.4. The second-order valence-corrected chi connectivity index (χ2v) is 5.21. The SMILES string of the molecule is O=C(O)c1cc(Nc2nc3c(c(=O)[nH]2)CCCC3)ccc1O. The Hall–Kier alpha value is -2.83. The molecular weight excluding hydrogens is 286 g/mol. The van der Waals surface area contributed by atoms with Gasteiger partial charge in [0.25, 0.3) is 5.56 Å². The smallest absolute Gasteiger partial charge is 0.339 e. The largest absolute Gasteiger partial charge is 0.507 e. The Morgan fingerprint density at radius 2 is 2.05 bits per heavy atom. The topological polar surface area (TPSA) is 115 Å². The van der Waals surface area contributed by atoms with E-state index in [1.54, 1.807) is 0 Å². The van der Waals surface area contributed by atoms with Crippen LogP contribution >= 0.6 is 0 Å². The van der Waals surface area contributed by atoms with E-state index in [1.165, 1.54) is 18.2 Å². The molecule has 0 amide bonds. The van der Waals surface area contributed by atoms with Crippen LogP contribution < -0.4 is 10.9 Å². The highest BCUT2D eigenvalue weighted by Gasteiger charge is 2.16. The third kappa shape index (κ3) is 2.65. The van der Waals surface area contributed by atoms with Crippen LogP contribution in [0.3, 0.4) is 0 Å². The van der Waals surface area contributed by atoms with Gasteiger partial charge in [0, 0.05) is 11.3 Å². The predicted molar refractivity (Wildman–Crippen MR) is 79.8 cm³/mol. The van der Waals surface area contributed by atoms with Gasteiger partial charge in [-0.25, -0.2) is 9.78 Å². The zero-order chi connectivity index (χ0) is 15.7. The van der Waals surface area contributed by atoms with Gasteiger partial charge in [0.15, 0.2) is 0 Å². The molecular formula is C15H15N3O4. The van der Waals surface area contributed by atoms with Crippen molar-refractivity contribution in [3.63, 3.8) is 0 Å². The van der Waals surface area contributed by atoms with Crippen LogP contribution in [0.2, 0.25) is 0 Å². The molecule has 0 spiro atoms. The molecule has 1 aliphatic carbocycles. The highest BCUT2D eigenvalue weighted by Crippen LogP contribution is 2.23. The van der Waals surface area contributed by atoms with Crippen LogP contribution in [0.5, 0.6) is 5.75 Å². The Kier molecular flexibility index (Phi) is 3.54. The summed E-state index contributed by atoms with van der Waals surface area (Å²) in [5, 5.41) is 21.4. The Balaban J connectivity index is 1.94. The monoisotopic (exact) mass is 301 g/mol. The van der Waals surface area contributed by atoms with Crippen molar-refractivity contribution in [2.45, 2.75) is 25.7 Å². The van der Waals surface area contributed by atoms with Crippen molar-refractivity contribution in [2.24, 2.45) is 0 Å². The molecule has 4 N–H and O–H groups in total. The number of carboxylic acid groups (broad SMARTS) is 1. The van der Waals surface area contributed by atoms with E-state index in [9.17, 15) is 14.7 Å². The maximum Gasteiger partial charge on any atom is 0.339 e. The fourth-order valence-electron chi connectivity index (χ4n) is 2.58. The lowest BCUT2D eigenvalue weighted by molar-refractivity contribution is 0.0694. The number of nitrogens with zero attached hydrogens (tertiary/aromatic N) is 1. The van der Waals surface area contributed by atoms with Crippen LogP contribution in [0.25, 0.3) is 0 Å². The number of phenols is 1. The lowest BCUT2D eigenvalue weighted by Gasteiger charge is -2.15. The number of carbonyl (C=O) groups is 1. The number of aromatic carboxylic acids is 1. The Labute approximate surface area is 125 Å². The van der Waals surface area contributed by atoms with Gasteiger partial charge in [0.2, 0.25) is 5.95 Å². The first-order valence-corrected chi connectivity index (χ1v) is 7.00. The third-order valence-electron chi connectivity index (χ3n) is 3.68. The van der Waals surface area contributed by atoms with E-state index in [-0.39, 0.29) is 22.8 Å². The van der Waals surface area contributed by atoms with Gasteiger partial charge in [0.1, 0.15) is 11.3 Å². The summed E-state index contributed by atoms with van der Waals surface area (Å²) >= 11 is 0. The van der Waals surface area contributed by atoms with E-state index in [4.69, 9.17) is 5.11 Å². The van der Waals surface area contributed by atoms with Crippen LogP contribution in [-0.2, 0) is 12.8 Å². The molecule has 22 heavy (non-hydrogen) atoms. The van der Waals surface area contributed by atoms with Crippen molar-refractivity contribution in [3.05, 3.63) is 45.4 Å². The van der Waals surface area contributed by atoms with Crippen molar-refractivity contribution in [3.8, 4) is 5.75 Å². The molecule has 0 radical (unpaired) electrons. The Morgan fingerprint density at radius 1 is 1.27 bits per heavy atom. The molecule has 0 saturated carbocycles. The number of fused-ring (bicyclic) bond motifs is 1. The average Bonchev–Trinajstić information content (AvgIpc) is 2.49. The maximum atomic E-state index is 12.0. The fraction of sp³-hybridized carbons (Fsp3) is 0.267. The summed E-state index contributed by atoms with van der Waals surface area (Å²) in [6.45, 7) is 0. The van der Waals surface area contributed by atoms with E-state index in [0.717, 1.165) is 36.9 Å². The molecule has 1 aromatic carbocycles. The molecule has 0 bridgehead atoms. The molecule has 0 atom stereocenters. The van der Waals surface area contributed by atoms with Gasteiger partial charge < -0.3 is 15.5 Å². The lowest BCUT2D eigenvalue weighted by atomic mass is 9.97. The molecule has 0 saturated heterocycles. The van der Waals surface area contributed by atoms with Crippen molar-refractivity contribution in [2.75, 3.05) is 5.32 Å². The first-order chi connectivity index (χ1) is 10.5. The molecule has 0 fully saturated rings. The first-order valence-electron chi connectivity index (χ1n) is 7.00. The van der Waals surface area contributed by atoms with Gasteiger partial charge in [0.05, 0.1) is 5.69 Å². The second kappa shape index (κ2) is 5.51. The third-order valence-corrected chi connectivity index (χ3v) is 3.68. The summed E-state index contributed by atoms with van der Waals surface area (Å²) in [5.41, 5.74) is 1.56. The van der Waals surface area contributed by atoms with Gasteiger partial charge >= 0.3 is 5.97 Å². The fourth-order valence-corrected chi connectivity index (χ4v) is 2.58. The minimum absolute atomic E-state index is 0.163. The summed E-state index contributed by atoms with van der Waals surface area (Å²) in [6, 6.07) is 4.08. The number of nitrogens with one attached hydrogen (secondary N) is 2. The summed E-state index contributed by atoms with van der Waals surface area (Å²) < 4.78 is 0. The lowest BCUT2D eigenvalue weighted by Crippen LogP contribution is -2.22. The highest BCUT2D eigenvalue weighted by molar-refractivity contribution is 5.92. The number of aromatic hydroxyl groups is 1. The van der Waals surface area contributed by atoms with Crippen LogP contribution in [0.15, 0.2) is 23.0 Å². The van der Waals surface area contributed by atoms with Crippen molar-refractivity contribution >= 4 is 17.6 Å². The molecule has 0 unspecified atom stereocenters. The van der Waals surface area contributed by atoms with E-state index in [0.29, 0.717) is 5.69 Å². The molecule has 7 heteroatoms. The molecule has 114 valence electrons. The van der Waals surface area contributed by atoms with E-state index >= 15 is 0 Å². The second-order valence-electron chi connectivity index (χ2n) is 5.21. The van der Waals surface area contributed by atoms with Crippen molar-refractivity contribution < 1.29 is 15.0 Å². The molecule has 0 aliphatic heterocycles. The number of anilines is 2. The number of H-pyrrole nitrogens is 1. The number of benzene rings is 1. The van der Waals surface area contributed by atoms with Crippen LogP contribution in [0.4, 0.5) is 11.6 Å². The van der Waals surface area contributed by atoms with Crippen molar-refractivity contribution in [1.29, 1.82) is 0 Å². The van der Waals surface area contributed by atoms with E-state index in [1.807, 2.05) is 0 Å². The van der Waals surface area contributed by atoms with Gasteiger partial charge in [-0.2, -0.15) is 0 Å². The summed E-state index contributed by atoms with van der Waals surface area (Å²) in [4.78, 5) is 30.1. The van der Waals surface area contributed by atoms with Gasteiger partial charge in [-0.15, -0.1) is 0 Å². The molecule has 1 heterocycles. The quantitative estimate of drug-likeness (QED) is 0.642. The Bertz CT molecular complexity index is 798. The molecule has 1 aliphatic rings. The minimum Gasteiger partial charge on any atom is -0.507 e. The van der Waals surface area contributed by atoms with Crippen LogP contribution in [0.1, 0.15) is 34.5 Å². The van der Waals surface area contributed by atoms with Crippen molar-refractivity contribution in [1.82, 2.24) is 9.97 Å². The number of rotatable bonds is 3. The Morgan fingerprint density at radius 3 is 2.82 bits per heavy atom. The first kappa shape index (κ1) is 14.1. The molecule has 3 rings (SSSR count). The minimum atomic E-state index is -1.23. The van der Waals surface area contributed by atoms with Crippen LogP contribution in [-0.4, -0.2) is 26.2 Å². The average molecular weight is 301 g/mol. The number of aromatic amines is 1. The summed E-state index contributed by atoms with van der Waals surface area (Å²) in [5.74, 6) is -1.27. The van der Waals surface area contributed by atoms with Gasteiger partial charge in [-0.3, -0.25) is 9.78 Å². The molecule has 7 nitrogen and oxygen atoms in total. The molecule has 2 aromatic rings. The summed E-state index contributed by atoms with van der Waals surface area (Å²) in [7, 11) is 0. The standard InChI is InChI=1S/C15H15N3O4/c19-12-6-5-8(7-10(12)14(21)22)16-15-17-11-4-2-1-3-9(11)13(20)18-15/h5-7,19H,1-4H2,(H,21,22)(H2,16,17,18,20). The maximum absolute atomic E-state index is 12.0. The normalized spacial score (nSPS) is 13.5. The molecule has 1 aromatic heterocycles. The number of hydrogen-bond acceptors (Lipinski definition) is 5. The van der Waals surface area contributed by atoms with E-state index < -0.39 is 5.97 Å². The number of aromatic nitrogens is 2. The number of aryl methyl sites for hydroxylation is 1. The summed E-state index contributed by atoms with van der Waals surface area (Å²) in [6.07, 6.45) is 3.50. The zero-order valence-electron chi connectivity index (χ0n) is 11.7. The predicted octanol–water partition coefficient (Wildman–Crippen LogP) is 1.80. The van der Waals surface area contributed by atoms with Crippen LogP contribution in [0, 0.1) is 0 Å². The number of carboxylic acids is 1.